The number of amides is 1. The summed E-state index contributed by atoms with van der Waals surface area (Å²) in [6.45, 7) is 7.57. The van der Waals surface area contributed by atoms with Crippen molar-refractivity contribution >= 4 is 11.9 Å². The number of nitrogens with zero attached hydrogens (tertiary/aromatic N) is 2. The van der Waals surface area contributed by atoms with E-state index in [1.165, 1.54) is 11.9 Å². The summed E-state index contributed by atoms with van der Waals surface area (Å²) < 4.78 is 10.6. The smallest absolute Gasteiger partial charge is 0.410 e. The van der Waals surface area contributed by atoms with Crippen molar-refractivity contribution in [3.05, 3.63) is 0 Å². The topological polar surface area (TPSA) is 118 Å². The Kier molecular flexibility index (Phi) is 8.81. The van der Waals surface area contributed by atoms with Gasteiger partial charge in [0.15, 0.2) is 5.84 Å². The molecule has 8 heteroatoms. The highest BCUT2D eigenvalue weighted by molar-refractivity contribution is 5.88. The zero-order valence-corrected chi connectivity index (χ0v) is 14.1. The second kappa shape index (κ2) is 9.47. The summed E-state index contributed by atoms with van der Waals surface area (Å²) in [6.07, 6.45) is -0.145. The SMILES string of the molecule is CCC(C)(C)OC(=O)N(C)C(CCOC[C@@H](C)O)/C(N)=N/O. The lowest BCUT2D eigenvalue weighted by molar-refractivity contribution is 0.00762. The molecule has 2 atom stereocenters. The van der Waals surface area contributed by atoms with Crippen LogP contribution in [0.2, 0.25) is 0 Å². The molecule has 4 N–H and O–H groups in total. The van der Waals surface area contributed by atoms with Crippen molar-refractivity contribution in [1.82, 2.24) is 4.90 Å². The maximum absolute atomic E-state index is 12.2. The van der Waals surface area contributed by atoms with Crippen molar-refractivity contribution in [2.24, 2.45) is 10.9 Å². The van der Waals surface area contributed by atoms with Gasteiger partial charge in [-0.15, -0.1) is 0 Å². The molecule has 1 unspecified atom stereocenters. The lowest BCUT2D eigenvalue weighted by Gasteiger charge is -2.31. The van der Waals surface area contributed by atoms with E-state index in [0.29, 0.717) is 12.8 Å². The molecule has 0 saturated heterocycles. The Morgan fingerprint density at radius 1 is 1.45 bits per heavy atom. The van der Waals surface area contributed by atoms with E-state index in [4.69, 9.17) is 25.5 Å². The Balaban J connectivity index is 4.70. The Bertz CT molecular complexity index is 371. The maximum atomic E-state index is 12.2. The van der Waals surface area contributed by atoms with Gasteiger partial charge >= 0.3 is 6.09 Å². The zero-order valence-electron chi connectivity index (χ0n) is 14.1. The summed E-state index contributed by atoms with van der Waals surface area (Å²) in [4.78, 5) is 13.4. The van der Waals surface area contributed by atoms with Crippen molar-refractivity contribution in [1.29, 1.82) is 0 Å². The average Bonchev–Trinajstić information content (AvgIpc) is 2.45. The van der Waals surface area contributed by atoms with E-state index in [0.717, 1.165) is 0 Å². The molecule has 0 spiro atoms. The van der Waals surface area contributed by atoms with E-state index in [2.05, 4.69) is 5.16 Å². The number of likely N-dealkylation sites (N-methyl/N-ethyl adjacent to an activating group) is 1. The van der Waals surface area contributed by atoms with Gasteiger partial charge in [0.05, 0.1) is 18.8 Å². The molecule has 0 aliphatic heterocycles. The summed E-state index contributed by atoms with van der Waals surface area (Å²) in [7, 11) is 1.52. The summed E-state index contributed by atoms with van der Waals surface area (Å²) >= 11 is 0. The van der Waals surface area contributed by atoms with Crippen molar-refractivity contribution in [3.63, 3.8) is 0 Å². The fourth-order valence-corrected chi connectivity index (χ4v) is 1.56. The number of oxime groups is 1. The average molecular weight is 319 g/mol. The Morgan fingerprint density at radius 2 is 2.05 bits per heavy atom. The van der Waals surface area contributed by atoms with E-state index in [1.807, 2.05) is 20.8 Å². The first-order valence-electron chi connectivity index (χ1n) is 7.33. The van der Waals surface area contributed by atoms with Gasteiger partial charge in [-0.3, -0.25) is 0 Å². The minimum atomic E-state index is -0.654. The van der Waals surface area contributed by atoms with Gasteiger partial charge in [0.2, 0.25) is 0 Å². The first-order valence-corrected chi connectivity index (χ1v) is 7.33. The maximum Gasteiger partial charge on any atom is 0.410 e. The van der Waals surface area contributed by atoms with Crippen LogP contribution in [-0.4, -0.2) is 65.2 Å². The Hall–Kier alpha value is -1.54. The van der Waals surface area contributed by atoms with Crippen LogP contribution in [0, 0.1) is 0 Å². The van der Waals surface area contributed by atoms with Gasteiger partial charge in [-0.25, -0.2) is 4.79 Å². The highest BCUT2D eigenvalue weighted by atomic mass is 16.6. The number of aliphatic hydroxyl groups excluding tert-OH is 1. The molecule has 0 bridgehead atoms. The molecule has 0 radical (unpaired) electrons. The standard InChI is InChI=1S/C14H29N3O5/c1-6-14(3,4)22-13(19)17(5)11(12(15)16-20)7-8-21-9-10(2)18/h10-11,18,20H,6-9H2,1-5H3,(H2,15,16)/t10-,11?/m1/s1. The van der Waals surface area contributed by atoms with Crippen molar-refractivity contribution in [2.75, 3.05) is 20.3 Å². The molecule has 0 saturated carbocycles. The number of hydrogen-bond acceptors (Lipinski definition) is 6. The lowest BCUT2D eigenvalue weighted by atomic mass is 10.1. The fraction of sp³-hybridized carbons (Fsp3) is 0.857. The number of hydrogen-bond donors (Lipinski definition) is 3. The number of rotatable bonds is 9. The lowest BCUT2D eigenvalue weighted by Crippen LogP contribution is -2.48. The quantitative estimate of drug-likeness (QED) is 0.193. The molecule has 8 nitrogen and oxygen atoms in total. The second-order valence-corrected chi connectivity index (χ2v) is 5.85. The number of nitrogens with two attached hydrogens (primary N) is 1. The van der Waals surface area contributed by atoms with Crippen LogP contribution in [-0.2, 0) is 9.47 Å². The van der Waals surface area contributed by atoms with Crippen LogP contribution in [0.1, 0.15) is 40.5 Å². The van der Waals surface area contributed by atoms with Crippen LogP contribution in [0.3, 0.4) is 0 Å². The van der Waals surface area contributed by atoms with E-state index in [1.54, 1.807) is 6.92 Å². The monoisotopic (exact) mass is 319 g/mol. The van der Waals surface area contributed by atoms with Crippen LogP contribution in [0.5, 0.6) is 0 Å². The molecular formula is C14H29N3O5. The van der Waals surface area contributed by atoms with Crippen LogP contribution in [0.4, 0.5) is 4.79 Å². The normalized spacial score (nSPS) is 15.3. The highest BCUT2D eigenvalue weighted by Crippen LogP contribution is 2.16. The minimum Gasteiger partial charge on any atom is -0.443 e. The van der Waals surface area contributed by atoms with Crippen LogP contribution in [0.15, 0.2) is 5.16 Å². The van der Waals surface area contributed by atoms with E-state index < -0.39 is 23.8 Å². The Labute approximate surface area is 131 Å². The van der Waals surface area contributed by atoms with Gasteiger partial charge in [0.1, 0.15) is 5.60 Å². The van der Waals surface area contributed by atoms with Gasteiger partial charge in [-0.2, -0.15) is 0 Å². The zero-order chi connectivity index (χ0) is 17.3. The van der Waals surface area contributed by atoms with Gasteiger partial charge in [-0.1, -0.05) is 12.1 Å². The van der Waals surface area contributed by atoms with Gasteiger partial charge in [0.25, 0.3) is 0 Å². The first-order chi connectivity index (χ1) is 10.1. The molecule has 1 amide bonds. The van der Waals surface area contributed by atoms with E-state index >= 15 is 0 Å². The van der Waals surface area contributed by atoms with Gasteiger partial charge in [0, 0.05) is 13.7 Å². The molecule has 0 heterocycles. The third-order valence-corrected chi connectivity index (χ3v) is 3.32. The number of ether oxygens (including phenoxy) is 2. The predicted octanol–water partition coefficient (Wildman–Crippen LogP) is 1.15. The first kappa shape index (κ1) is 20.5. The van der Waals surface area contributed by atoms with Gasteiger partial charge in [-0.05, 0) is 33.6 Å². The molecule has 0 fully saturated rings. The van der Waals surface area contributed by atoms with Crippen LogP contribution >= 0.6 is 0 Å². The third-order valence-electron chi connectivity index (χ3n) is 3.32. The van der Waals surface area contributed by atoms with Gasteiger partial charge < -0.3 is 30.4 Å². The summed E-state index contributed by atoms with van der Waals surface area (Å²) in [6, 6.07) is -0.654. The van der Waals surface area contributed by atoms with Crippen molar-refractivity contribution in [3.8, 4) is 0 Å². The largest absolute Gasteiger partial charge is 0.443 e. The van der Waals surface area contributed by atoms with E-state index in [-0.39, 0.29) is 19.0 Å². The molecular weight excluding hydrogens is 290 g/mol. The summed E-state index contributed by atoms with van der Waals surface area (Å²) in [5.41, 5.74) is 5.05. The second-order valence-electron chi connectivity index (χ2n) is 5.85. The Morgan fingerprint density at radius 3 is 2.50 bits per heavy atom. The number of carbonyl (C=O) groups is 1. The molecule has 0 aromatic carbocycles. The molecule has 0 rings (SSSR count). The van der Waals surface area contributed by atoms with E-state index in [9.17, 15) is 4.79 Å². The minimum absolute atomic E-state index is 0.102. The molecule has 0 aliphatic rings. The third kappa shape index (κ3) is 7.46. The molecule has 0 aromatic rings. The predicted molar refractivity (Wildman–Crippen MR) is 82.9 cm³/mol. The molecule has 0 aromatic heterocycles. The fourth-order valence-electron chi connectivity index (χ4n) is 1.56. The van der Waals surface area contributed by atoms with Crippen molar-refractivity contribution in [2.45, 2.75) is 58.3 Å². The summed E-state index contributed by atoms with van der Waals surface area (Å²) in [5.74, 6) is -0.102. The molecule has 130 valence electrons. The summed E-state index contributed by atoms with van der Waals surface area (Å²) in [5, 5.41) is 21.0. The van der Waals surface area contributed by atoms with Crippen LogP contribution < -0.4 is 5.73 Å². The molecule has 22 heavy (non-hydrogen) atoms. The van der Waals surface area contributed by atoms with Crippen LogP contribution in [0.25, 0.3) is 0 Å². The molecule has 0 aliphatic carbocycles. The highest BCUT2D eigenvalue weighted by Gasteiger charge is 2.29. The van der Waals surface area contributed by atoms with Crippen molar-refractivity contribution < 1.29 is 24.6 Å². The number of amidine groups is 1. The number of carbonyl (C=O) groups excluding carboxylic acids is 1. The number of aliphatic hydroxyl groups is 1.